The second kappa shape index (κ2) is 14.4. The van der Waals surface area contributed by atoms with Gasteiger partial charge in [-0.2, -0.15) is 0 Å². The molecule has 11 nitrogen and oxygen atoms in total. The lowest BCUT2D eigenvalue weighted by molar-refractivity contribution is -0.143. The Bertz CT molecular complexity index is 1370. The molecule has 12 heteroatoms. The number of phenols is 1. The van der Waals surface area contributed by atoms with Crippen LogP contribution >= 0.6 is 15.9 Å². The number of para-hydroxylation sites is 1. The summed E-state index contributed by atoms with van der Waals surface area (Å²) in [5.41, 5.74) is 2.75. The fourth-order valence-electron chi connectivity index (χ4n) is 6.93. The molecule has 4 aliphatic rings. The van der Waals surface area contributed by atoms with Crippen LogP contribution in [0, 0.1) is 0 Å². The number of nitrogens with one attached hydrogen (secondary N) is 1. The SMILES string of the molecule is O=C(O[C@H](Cc1ccc(O)c(Br)c1)C(=O)N1CCN(C2CCOCC2)CC1)N1CCC(N2CCc3ccccc3NC2=O)CC1. The minimum Gasteiger partial charge on any atom is -0.507 e. The van der Waals surface area contributed by atoms with Crippen molar-refractivity contribution >= 4 is 39.6 Å². The number of likely N-dealkylation sites (tertiary alicyclic amines) is 1. The van der Waals surface area contributed by atoms with E-state index < -0.39 is 12.2 Å². The molecule has 0 bridgehead atoms. The summed E-state index contributed by atoms with van der Waals surface area (Å²) < 4.78 is 12.0. The van der Waals surface area contributed by atoms with E-state index in [-0.39, 0.29) is 30.2 Å². The standard InChI is InChI=1S/C33H42BrN5O6/c34-27-21-23(5-6-29(27)40)22-30(31(41)37-17-15-36(16-18-37)25-10-19-44-20-11-25)45-33(43)38-12-8-26(9-13-38)39-14-7-24-3-1-2-4-28(24)35-32(39)42/h1-6,21,25-26,30,40H,7-20,22H2,(H,35,42)/t30-/m1/s1. The molecule has 0 saturated carbocycles. The number of urea groups is 1. The quantitative estimate of drug-likeness (QED) is 0.472. The van der Waals surface area contributed by atoms with Crippen LogP contribution in [0.25, 0.3) is 0 Å². The van der Waals surface area contributed by atoms with Crippen molar-refractivity contribution in [3.05, 3.63) is 58.1 Å². The molecule has 6 rings (SSSR count). The number of carbonyl (C=O) groups excluding carboxylic acids is 3. The number of halogens is 1. The zero-order valence-electron chi connectivity index (χ0n) is 25.5. The number of aromatic hydroxyl groups is 1. The second-order valence-corrected chi connectivity index (χ2v) is 13.2. The van der Waals surface area contributed by atoms with Crippen molar-refractivity contribution in [3.63, 3.8) is 0 Å². The van der Waals surface area contributed by atoms with E-state index in [1.165, 1.54) is 0 Å². The molecule has 2 aromatic rings. The van der Waals surface area contributed by atoms with E-state index in [4.69, 9.17) is 9.47 Å². The number of amides is 4. The summed E-state index contributed by atoms with van der Waals surface area (Å²) in [7, 11) is 0. The number of nitrogens with zero attached hydrogens (tertiary/aromatic N) is 4. The van der Waals surface area contributed by atoms with Crippen LogP contribution in [0.15, 0.2) is 46.9 Å². The van der Waals surface area contributed by atoms with Gasteiger partial charge in [0, 0.05) is 83.2 Å². The minimum atomic E-state index is -0.990. The molecule has 0 radical (unpaired) electrons. The lowest BCUT2D eigenvalue weighted by Crippen LogP contribution is -2.56. The molecule has 242 valence electrons. The number of ether oxygens (including phenoxy) is 2. The summed E-state index contributed by atoms with van der Waals surface area (Å²) in [4.78, 5) is 48.2. The Hall–Kier alpha value is -3.35. The number of piperazine rings is 1. The van der Waals surface area contributed by atoms with Crippen LogP contribution in [0.3, 0.4) is 0 Å². The Morgan fingerprint density at radius 3 is 2.40 bits per heavy atom. The summed E-state index contributed by atoms with van der Waals surface area (Å²) in [6, 6.07) is 13.3. The highest BCUT2D eigenvalue weighted by atomic mass is 79.9. The number of piperidine rings is 1. The maximum atomic E-state index is 13.9. The highest BCUT2D eigenvalue weighted by Crippen LogP contribution is 2.27. The van der Waals surface area contributed by atoms with Gasteiger partial charge in [0.2, 0.25) is 0 Å². The van der Waals surface area contributed by atoms with Crippen LogP contribution in [0.4, 0.5) is 15.3 Å². The molecule has 2 N–H and O–H groups in total. The van der Waals surface area contributed by atoms with Gasteiger partial charge >= 0.3 is 12.1 Å². The molecule has 45 heavy (non-hydrogen) atoms. The molecule has 1 atom stereocenters. The molecule has 2 aromatic carbocycles. The smallest absolute Gasteiger partial charge is 0.410 e. The monoisotopic (exact) mass is 683 g/mol. The second-order valence-electron chi connectivity index (χ2n) is 12.3. The molecule has 4 amide bonds. The molecule has 0 aromatic heterocycles. The topological polar surface area (TPSA) is 115 Å². The molecule has 0 aliphatic carbocycles. The van der Waals surface area contributed by atoms with Gasteiger partial charge in [-0.1, -0.05) is 24.3 Å². The van der Waals surface area contributed by atoms with Crippen LogP contribution in [0.1, 0.15) is 36.8 Å². The van der Waals surface area contributed by atoms with E-state index >= 15 is 0 Å². The van der Waals surface area contributed by atoms with Crippen molar-refractivity contribution in [1.29, 1.82) is 0 Å². The third-order valence-corrected chi connectivity index (χ3v) is 10.2. The normalized spacial score (nSPS) is 21.1. The van der Waals surface area contributed by atoms with E-state index in [2.05, 4.69) is 26.1 Å². The molecule has 4 heterocycles. The molecular weight excluding hydrogens is 642 g/mol. The first-order valence-electron chi connectivity index (χ1n) is 16.0. The Morgan fingerprint density at radius 2 is 1.67 bits per heavy atom. The van der Waals surface area contributed by atoms with Crippen molar-refractivity contribution in [1.82, 2.24) is 19.6 Å². The van der Waals surface area contributed by atoms with Gasteiger partial charge < -0.3 is 34.6 Å². The summed E-state index contributed by atoms with van der Waals surface area (Å²) in [6.45, 7) is 5.79. The van der Waals surface area contributed by atoms with Gasteiger partial charge in [-0.15, -0.1) is 0 Å². The molecule has 0 unspecified atom stereocenters. The zero-order chi connectivity index (χ0) is 31.3. The van der Waals surface area contributed by atoms with E-state index in [9.17, 15) is 19.5 Å². The van der Waals surface area contributed by atoms with Gasteiger partial charge in [0.1, 0.15) is 5.75 Å². The molecule has 4 aliphatic heterocycles. The Labute approximate surface area is 272 Å². The Kier molecular flexibility index (Phi) is 10.1. The average molecular weight is 685 g/mol. The number of fused-ring (bicyclic) bond motifs is 1. The minimum absolute atomic E-state index is 0.0159. The van der Waals surface area contributed by atoms with E-state index in [1.54, 1.807) is 23.1 Å². The van der Waals surface area contributed by atoms with Crippen LogP contribution in [-0.2, 0) is 27.1 Å². The summed E-state index contributed by atoms with van der Waals surface area (Å²) >= 11 is 3.36. The van der Waals surface area contributed by atoms with Crippen LogP contribution in [-0.4, -0.2) is 120 Å². The van der Waals surface area contributed by atoms with Crippen molar-refractivity contribution in [2.45, 2.75) is 56.7 Å². The van der Waals surface area contributed by atoms with Gasteiger partial charge in [-0.05, 0) is 77.4 Å². The van der Waals surface area contributed by atoms with Crippen molar-refractivity contribution in [3.8, 4) is 5.75 Å². The Balaban J connectivity index is 1.07. The van der Waals surface area contributed by atoms with Gasteiger partial charge in [-0.3, -0.25) is 9.69 Å². The summed E-state index contributed by atoms with van der Waals surface area (Å²) in [5, 5.41) is 13.0. The van der Waals surface area contributed by atoms with Gasteiger partial charge in [-0.25, -0.2) is 9.59 Å². The van der Waals surface area contributed by atoms with Crippen molar-refractivity contribution in [2.75, 3.05) is 64.3 Å². The lowest BCUT2D eigenvalue weighted by atomic mass is 10.0. The third-order valence-electron chi connectivity index (χ3n) is 9.59. The van der Waals surface area contributed by atoms with E-state index in [0.29, 0.717) is 56.1 Å². The van der Waals surface area contributed by atoms with Crippen molar-refractivity contribution < 1.29 is 29.0 Å². The van der Waals surface area contributed by atoms with Crippen LogP contribution in [0.2, 0.25) is 0 Å². The number of carbonyl (C=O) groups is 3. The Morgan fingerprint density at radius 1 is 0.933 bits per heavy atom. The van der Waals surface area contributed by atoms with Gasteiger partial charge in [0.15, 0.2) is 6.10 Å². The highest BCUT2D eigenvalue weighted by molar-refractivity contribution is 9.10. The van der Waals surface area contributed by atoms with Gasteiger partial charge in [0.05, 0.1) is 4.47 Å². The third kappa shape index (κ3) is 7.56. The molecule has 3 saturated heterocycles. The summed E-state index contributed by atoms with van der Waals surface area (Å²) in [5.74, 6) is -0.0948. The summed E-state index contributed by atoms with van der Waals surface area (Å²) in [6.07, 6.45) is 2.77. The maximum absolute atomic E-state index is 13.9. The number of rotatable bonds is 6. The first-order valence-corrected chi connectivity index (χ1v) is 16.8. The number of hydrogen-bond acceptors (Lipinski definition) is 7. The lowest BCUT2D eigenvalue weighted by Gasteiger charge is -2.41. The maximum Gasteiger partial charge on any atom is 0.410 e. The van der Waals surface area contributed by atoms with Crippen molar-refractivity contribution in [2.24, 2.45) is 0 Å². The largest absolute Gasteiger partial charge is 0.507 e. The first-order chi connectivity index (χ1) is 21.9. The fraction of sp³-hybridized carbons (Fsp3) is 0.545. The van der Waals surface area contributed by atoms with E-state index in [0.717, 1.165) is 62.4 Å². The fourth-order valence-corrected chi connectivity index (χ4v) is 7.35. The number of phenolic OH excluding ortho intramolecular Hbond substituents is 1. The predicted octanol–water partition coefficient (Wildman–Crippen LogP) is 4.08. The highest BCUT2D eigenvalue weighted by Gasteiger charge is 2.36. The van der Waals surface area contributed by atoms with Crippen LogP contribution in [0.5, 0.6) is 5.75 Å². The first kappa shape index (κ1) is 31.6. The molecule has 3 fully saturated rings. The van der Waals surface area contributed by atoms with Crippen LogP contribution < -0.4 is 5.32 Å². The molecule has 0 spiro atoms. The number of anilines is 1. The molecular formula is C33H42BrN5O6. The average Bonchev–Trinajstić information content (AvgIpc) is 3.24. The zero-order valence-corrected chi connectivity index (χ0v) is 27.1. The predicted molar refractivity (Wildman–Crippen MR) is 172 cm³/mol. The number of hydrogen-bond donors (Lipinski definition) is 2. The van der Waals surface area contributed by atoms with E-state index in [1.807, 2.05) is 34.1 Å². The van der Waals surface area contributed by atoms with Gasteiger partial charge in [0.25, 0.3) is 5.91 Å². The number of benzene rings is 2.